The van der Waals surface area contributed by atoms with Crippen LogP contribution in [0.3, 0.4) is 0 Å². The number of carboxylic acid groups (broad SMARTS) is 1. The predicted octanol–water partition coefficient (Wildman–Crippen LogP) is 2.11. The first-order valence-electron chi connectivity index (χ1n) is 6.74. The average molecular weight is 292 g/mol. The van der Waals surface area contributed by atoms with Crippen molar-refractivity contribution in [1.29, 1.82) is 0 Å². The number of fused-ring (bicyclic) bond motifs is 1. The molecule has 0 spiro atoms. The van der Waals surface area contributed by atoms with Crippen LogP contribution in [0.15, 0.2) is 24.3 Å². The third-order valence-electron chi connectivity index (χ3n) is 3.21. The van der Waals surface area contributed by atoms with Gasteiger partial charge in [0, 0.05) is 6.42 Å². The number of carboxylic acids is 1. The monoisotopic (exact) mass is 292 g/mol. The molecule has 0 saturated heterocycles. The number of nitrogens with zero attached hydrogens (tertiary/aromatic N) is 1. The van der Waals surface area contributed by atoms with Gasteiger partial charge in [-0.1, -0.05) is 18.2 Å². The minimum absolute atomic E-state index is 0.286. The number of benzene rings is 1. The van der Waals surface area contributed by atoms with Crippen molar-refractivity contribution >= 4 is 17.7 Å². The van der Waals surface area contributed by atoms with E-state index in [-0.39, 0.29) is 12.8 Å². The summed E-state index contributed by atoms with van der Waals surface area (Å²) in [6.45, 7) is 5.26. The molecule has 1 aliphatic rings. The fourth-order valence-electron chi connectivity index (χ4n) is 2.52. The first-order chi connectivity index (χ1) is 9.62. The molecule has 0 saturated carbocycles. The van der Waals surface area contributed by atoms with Gasteiger partial charge in [0.1, 0.15) is 11.3 Å². The Kier molecular flexibility index (Phi) is 3.67. The molecule has 1 aliphatic heterocycles. The Hall–Kier alpha value is -2.08. The van der Waals surface area contributed by atoms with E-state index in [1.807, 2.05) is 12.1 Å². The number of amides is 1. The van der Waals surface area contributed by atoms with Crippen molar-refractivity contribution in [3.05, 3.63) is 29.8 Å². The highest BCUT2D eigenvalue weighted by Gasteiger charge is 2.47. The fourth-order valence-corrected chi connectivity index (χ4v) is 2.52. The average Bonchev–Trinajstić information content (AvgIpc) is 2.56. The van der Waals surface area contributed by atoms with Gasteiger partial charge in [0.2, 0.25) is 0 Å². The van der Waals surface area contributed by atoms with Crippen LogP contribution in [0, 0.1) is 0 Å². The summed E-state index contributed by atoms with van der Waals surface area (Å²) in [4.78, 5) is 24.8. The lowest BCUT2D eigenvalue weighted by Gasteiger charge is -2.35. The highest BCUT2D eigenvalue weighted by molar-refractivity contribution is 5.93. The summed E-state index contributed by atoms with van der Waals surface area (Å²) in [6, 6.07) is 7.19. The topological polar surface area (TPSA) is 92.9 Å². The summed E-state index contributed by atoms with van der Waals surface area (Å²) in [7, 11) is 0. The Labute approximate surface area is 123 Å². The first kappa shape index (κ1) is 15.3. The second-order valence-corrected chi connectivity index (χ2v) is 6.30. The quantitative estimate of drug-likeness (QED) is 0.871. The molecule has 1 aromatic carbocycles. The number of para-hydroxylation sites is 1. The zero-order chi connectivity index (χ0) is 15.8. The highest BCUT2D eigenvalue weighted by atomic mass is 16.6. The number of hydrogen-bond acceptors (Lipinski definition) is 4. The van der Waals surface area contributed by atoms with E-state index in [1.165, 1.54) is 4.90 Å². The normalized spacial score (nSPS) is 21.0. The molecule has 0 fully saturated rings. The number of rotatable bonds is 2. The van der Waals surface area contributed by atoms with Crippen LogP contribution < -0.4 is 10.6 Å². The van der Waals surface area contributed by atoms with E-state index < -0.39 is 23.3 Å². The van der Waals surface area contributed by atoms with Crippen LogP contribution in [-0.2, 0) is 16.0 Å². The van der Waals surface area contributed by atoms with Crippen LogP contribution in [0.4, 0.5) is 10.5 Å². The van der Waals surface area contributed by atoms with Gasteiger partial charge >= 0.3 is 12.1 Å². The Morgan fingerprint density at radius 3 is 2.57 bits per heavy atom. The van der Waals surface area contributed by atoms with E-state index >= 15 is 0 Å². The van der Waals surface area contributed by atoms with Gasteiger partial charge < -0.3 is 15.6 Å². The van der Waals surface area contributed by atoms with E-state index in [1.54, 1.807) is 32.9 Å². The second-order valence-electron chi connectivity index (χ2n) is 6.30. The summed E-state index contributed by atoms with van der Waals surface area (Å²) in [5.41, 5.74) is 5.68. The summed E-state index contributed by atoms with van der Waals surface area (Å²) in [6.07, 6.45) is -0.688. The predicted molar refractivity (Wildman–Crippen MR) is 78.0 cm³/mol. The van der Waals surface area contributed by atoms with Gasteiger partial charge in [-0.2, -0.15) is 0 Å². The van der Waals surface area contributed by atoms with Crippen LogP contribution in [0.25, 0.3) is 0 Å². The summed E-state index contributed by atoms with van der Waals surface area (Å²) in [5.74, 6) is -1.06. The van der Waals surface area contributed by atoms with Crippen LogP contribution in [0.5, 0.6) is 0 Å². The highest BCUT2D eigenvalue weighted by Crippen LogP contribution is 2.38. The molecule has 1 heterocycles. The van der Waals surface area contributed by atoms with Gasteiger partial charge in [0.25, 0.3) is 0 Å². The Morgan fingerprint density at radius 1 is 1.38 bits per heavy atom. The van der Waals surface area contributed by atoms with Crippen LogP contribution in [0.2, 0.25) is 0 Å². The largest absolute Gasteiger partial charge is 0.481 e. The molecule has 114 valence electrons. The Balaban J connectivity index is 2.40. The number of anilines is 1. The Bertz CT molecular complexity index is 579. The molecule has 3 N–H and O–H groups in total. The number of carbonyl (C=O) groups excluding carboxylic acids is 1. The fraction of sp³-hybridized carbons (Fsp3) is 0.467. The number of carbonyl (C=O) groups is 2. The van der Waals surface area contributed by atoms with Gasteiger partial charge in [-0.25, -0.2) is 4.79 Å². The lowest BCUT2D eigenvalue weighted by molar-refractivity contribution is -0.138. The maximum absolute atomic E-state index is 12.5. The molecule has 1 amide bonds. The van der Waals surface area contributed by atoms with Crippen LogP contribution >= 0.6 is 0 Å². The molecule has 6 nitrogen and oxygen atoms in total. The molecule has 1 atom stereocenters. The molecule has 2 rings (SSSR count). The number of ether oxygens (including phenoxy) is 1. The zero-order valence-corrected chi connectivity index (χ0v) is 12.4. The van der Waals surface area contributed by atoms with E-state index in [2.05, 4.69) is 0 Å². The lowest BCUT2D eigenvalue weighted by Crippen LogP contribution is -2.59. The molecule has 1 unspecified atom stereocenters. The summed E-state index contributed by atoms with van der Waals surface area (Å²) >= 11 is 0. The number of aliphatic carboxylic acids is 1. The molecule has 0 bridgehead atoms. The van der Waals surface area contributed by atoms with Crippen molar-refractivity contribution in [3.8, 4) is 0 Å². The Morgan fingerprint density at radius 2 is 2.00 bits per heavy atom. The van der Waals surface area contributed by atoms with Gasteiger partial charge in [-0.15, -0.1) is 0 Å². The van der Waals surface area contributed by atoms with E-state index in [0.29, 0.717) is 5.69 Å². The molecule has 6 heteroatoms. The van der Waals surface area contributed by atoms with E-state index in [4.69, 9.17) is 15.6 Å². The van der Waals surface area contributed by atoms with Gasteiger partial charge in [0.05, 0.1) is 12.1 Å². The van der Waals surface area contributed by atoms with Gasteiger partial charge in [0.15, 0.2) is 0 Å². The summed E-state index contributed by atoms with van der Waals surface area (Å²) in [5, 5.41) is 9.09. The number of nitrogens with two attached hydrogens (primary N) is 1. The van der Waals surface area contributed by atoms with Crippen molar-refractivity contribution in [2.75, 3.05) is 4.90 Å². The van der Waals surface area contributed by atoms with Crippen molar-refractivity contribution in [2.45, 2.75) is 44.9 Å². The van der Waals surface area contributed by atoms with Crippen molar-refractivity contribution in [2.24, 2.45) is 5.73 Å². The minimum atomic E-state index is -1.31. The SMILES string of the molecule is CC(C)(C)OC(=O)N1c2ccccc2CC1(N)CC(=O)O. The van der Waals surface area contributed by atoms with Crippen LogP contribution in [0.1, 0.15) is 32.8 Å². The van der Waals surface area contributed by atoms with Crippen molar-refractivity contribution < 1.29 is 19.4 Å². The maximum Gasteiger partial charge on any atom is 0.416 e. The van der Waals surface area contributed by atoms with E-state index in [0.717, 1.165) is 5.56 Å². The van der Waals surface area contributed by atoms with Gasteiger partial charge in [-0.3, -0.25) is 9.69 Å². The molecule has 1 aromatic rings. The third-order valence-corrected chi connectivity index (χ3v) is 3.21. The smallest absolute Gasteiger partial charge is 0.416 e. The zero-order valence-electron chi connectivity index (χ0n) is 12.4. The minimum Gasteiger partial charge on any atom is -0.481 e. The molecule has 0 aromatic heterocycles. The molecule has 0 radical (unpaired) electrons. The molecule has 0 aliphatic carbocycles. The van der Waals surface area contributed by atoms with Gasteiger partial charge in [-0.05, 0) is 32.4 Å². The molecular formula is C15H20N2O4. The molecular weight excluding hydrogens is 272 g/mol. The van der Waals surface area contributed by atoms with Crippen molar-refractivity contribution in [3.63, 3.8) is 0 Å². The van der Waals surface area contributed by atoms with Crippen LogP contribution in [-0.4, -0.2) is 28.4 Å². The molecule has 21 heavy (non-hydrogen) atoms. The number of hydrogen-bond donors (Lipinski definition) is 2. The summed E-state index contributed by atoms with van der Waals surface area (Å²) < 4.78 is 5.37. The van der Waals surface area contributed by atoms with E-state index in [9.17, 15) is 9.59 Å². The lowest BCUT2D eigenvalue weighted by atomic mass is 10.0. The van der Waals surface area contributed by atoms with Crippen molar-refractivity contribution in [1.82, 2.24) is 0 Å². The third kappa shape index (κ3) is 3.16. The second kappa shape index (κ2) is 5.04. The first-order valence-corrected chi connectivity index (χ1v) is 6.74. The maximum atomic E-state index is 12.5. The standard InChI is InChI=1S/C15H20N2O4/c1-14(2,3)21-13(20)17-11-7-5-4-6-10(11)8-15(17,16)9-12(18)19/h4-7H,8-9,16H2,1-3H3,(H,18,19).